The minimum absolute atomic E-state index is 0.0321. The highest BCUT2D eigenvalue weighted by molar-refractivity contribution is 6.02. The molecule has 0 bridgehead atoms. The summed E-state index contributed by atoms with van der Waals surface area (Å²) in [4.78, 5) is 39.1. The van der Waals surface area contributed by atoms with Crippen molar-refractivity contribution in [1.82, 2.24) is 5.32 Å². The van der Waals surface area contributed by atoms with E-state index < -0.39 is 17.3 Å². The van der Waals surface area contributed by atoms with Crippen LogP contribution in [0.25, 0.3) is 0 Å². The highest BCUT2D eigenvalue weighted by atomic mass is 16.6. The van der Waals surface area contributed by atoms with Crippen LogP contribution in [-0.2, 0) is 19.1 Å². The van der Waals surface area contributed by atoms with Gasteiger partial charge >= 0.3 is 12.1 Å². The fourth-order valence-corrected chi connectivity index (χ4v) is 2.74. The van der Waals surface area contributed by atoms with Gasteiger partial charge in [0.15, 0.2) is 6.61 Å². The largest absolute Gasteiger partial charge is 0.484 e. The van der Waals surface area contributed by atoms with Gasteiger partial charge in [-0.1, -0.05) is 12.8 Å². The lowest BCUT2D eigenvalue weighted by molar-refractivity contribution is -0.154. The molecule has 2 amide bonds. The van der Waals surface area contributed by atoms with Crippen molar-refractivity contribution in [1.29, 1.82) is 0 Å². The lowest BCUT2D eigenvalue weighted by atomic mass is 10.1. The van der Waals surface area contributed by atoms with Crippen LogP contribution in [0.4, 0.5) is 4.79 Å². The maximum atomic E-state index is 12.0. The van der Waals surface area contributed by atoms with Gasteiger partial charge in [-0.2, -0.15) is 4.99 Å². The van der Waals surface area contributed by atoms with Crippen LogP contribution in [0.2, 0.25) is 0 Å². The summed E-state index contributed by atoms with van der Waals surface area (Å²) in [7, 11) is 0. The number of benzene rings is 1. The number of aliphatic imine (C=N–C) groups is 1. The van der Waals surface area contributed by atoms with Gasteiger partial charge in [0, 0.05) is 18.5 Å². The van der Waals surface area contributed by atoms with Gasteiger partial charge < -0.3 is 25.3 Å². The molecule has 3 N–H and O–H groups in total. The van der Waals surface area contributed by atoms with E-state index in [1.54, 1.807) is 45.0 Å². The molecule has 0 radical (unpaired) electrons. The number of ether oxygens (including phenoxy) is 3. The SMILES string of the molecule is CC(C)(C)OC(=O)CCCCCCNC(=O)COc1ccc(/C(N)=N/C(=O)OC(C)(C)C)cc1. The van der Waals surface area contributed by atoms with Crippen LogP contribution in [-0.4, -0.2) is 48.2 Å². The number of hydrogen-bond donors (Lipinski definition) is 2. The van der Waals surface area contributed by atoms with E-state index >= 15 is 0 Å². The van der Waals surface area contributed by atoms with Gasteiger partial charge in [0.05, 0.1) is 0 Å². The predicted octanol–water partition coefficient (Wildman–Crippen LogP) is 4.11. The van der Waals surface area contributed by atoms with Crippen molar-refractivity contribution >= 4 is 23.8 Å². The number of carbonyl (C=O) groups excluding carboxylic acids is 3. The molecular formula is C25H39N3O6. The average Bonchev–Trinajstić information content (AvgIpc) is 2.69. The number of nitrogens with one attached hydrogen (secondary N) is 1. The molecule has 0 saturated heterocycles. The van der Waals surface area contributed by atoms with Gasteiger partial charge in [-0.3, -0.25) is 9.59 Å². The first-order valence-electron chi connectivity index (χ1n) is 11.5. The number of nitrogens with two attached hydrogens (primary N) is 1. The Labute approximate surface area is 202 Å². The quantitative estimate of drug-likeness (QED) is 0.212. The molecule has 0 fully saturated rings. The van der Waals surface area contributed by atoms with Crippen molar-refractivity contribution in [3.8, 4) is 5.75 Å². The Morgan fingerprint density at radius 1 is 0.882 bits per heavy atom. The van der Waals surface area contributed by atoms with E-state index in [4.69, 9.17) is 19.9 Å². The van der Waals surface area contributed by atoms with Crippen LogP contribution in [0.1, 0.15) is 79.2 Å². The molecular weight excluding hydrogens is 438 g/mol. The third kappa shape index (κ3) is 14.1. The normalized spacial score (nSPS) is 12.1. The average molecular weight is 478 g/mol. The topological polar surface area (TPSA) is 129 Å². The monoisotopic (exact) mass is 477 g/mol. The zero-order valence-corrected chi connectivity index (χ0v) is 21.2. The van der Waals surface area contributed by atoms with Crippen LogP contribution < -0.4 is 15.8 Å². The smallest absolute Gasteiger partial charge is 0.436 e. The molecule has 0 unspecified atom stereocenters. The fourth-order valence-electron chi connectivity index (χ4n) is 2.74. The Balaban J connectivity index is 2.25. The third-order valence-corrected chi connectivity index (χ3v) is 4.18. The van der Waals surface area contributed by atoms with E-state index in [9.17, 15) is 14.4 Å². The predicted molar refractivity (Wildman–Crippen MR) is 131 cm³/mol. The maximum Gasteiger partial charge on any atom is 0.436 e. The van der Waals surface area contributed by atoms with Gasteiger partial charge in [-0.25, -0.2) is 4.79 Å². The van der Waals surface area contributed by atoms with Crippen molar-refractivity contribution in [2.75, 3.05) is 13.2 Å². The molecule has 1 aromatic rings. The zero-order chi connectivity index (χ0) is 25.8. The van der Waals surface area contributed by atoms with Crippen molar-refractivity contribution in [3.63, 3.8) is 0 Å². The van der Waals surface area contributed by atoms with Crippen molar-refractivity contribution in [2.45, 2.75) is 84.8 Å². The van der Waals surface area contributed by atoms with Crippen LogP contribution in [0, 0.1) is 0 Å². The van der Waals surface area contributed by atoms with E-state index in [0.29, 0.717) is 24.3 Å². The van der Waals surface area contributed by atoms with Gasteiger partial charge in [0.1, 0.15) is 22.8 Å². The number of amidine groups is 1. The van der Waals surface area contributed by atoms with Gasteiger partial charge in [-0.05, 0) is 78.6 Å². The van der Waals surface area contributed by atoms with E-state index in [0.717, 1.165) is 25.7 Å². The van der Waals surface area contributed by atoms with Crippen molar-refractivity contribution < 1.29 is 28.6 Å². The molecule has 0 spiro atoms. The van der Waals surface area contributed by atoms with E-state index in [1.807, 2.05) is 20.8 Å². The van der Waals surface area contributed by atoms with E-state index in [-0.39, 0.29) is 24.3 Å². The van der Waals surface area contributed by atoms with Crippen molar-refractivity contribution in [3.05, 3.63) is 29.8 Å². The Hall–Kier alpha value is -3.10. The number of amides is 2. The van der Waals surface area contributed by atoms with Crippen molar-refractivity contribution in [2.24, 2.45) is 10.7 Å². The molecule has 0 aliphatic heterocycles. The first kappa shape index (κ1) is 28.9. The lowest BCUT2D eigenvalue weighted by Gasteiger charge is -2.19. The van der Waals surface area contributed by atoms with Crippen LogP contribution in [0.15, 0.2) is 29.3 Å². The molecule has 1 aromatic carbocycles. The summed E-state index contributed by atoms with van der Waals surface area (Å²) >= 11 is 0. The number of hydrogen-bond acceptors (Lipinski definition) is 6. The first-order valence-corrected chi connectivity index (χ1v) is 11.5. The Bertz CT molecular complexity index is 836. The number of esters is 1. The minimum Gasteiger partial charge on any atom is -0.484 e. The molecule has 0 heterocycles. The summed E-state index contributed by atoms with van der Waals surface area (Å²) < 4.78 is 15.9. The summed E-state index contributed by atoms with van der Waals surface area (Å²) in [6.07, 6.45) is 3.06. The molecule has 9 heteroatoms. The highest BCUT2D eigenvalue weighted by Gasteiger charge is 2.17. The maximum absolute atomic E-state index is 12.0. The third-order valence-electron chi connectivity index (χ3n) is 4.18. The summed E-state index contributed by atoms with van der Waals surface area (Å²) in [5.74, 6) is 0.128. The number of carbonyl (C=O) groups is 3. The molecule has 0 saturated carbocycles. The summed E-state index contributed by atoms with van der Waals surface area (Å²) in [6.45, 7) is 11.2. The zero-order valence-electron chi connectivity index (χ0n) is 21.2. The first-order chi connectivity index (χ1) is 15.7. The molecule has 0 atom stereocenters. The molecule has 34 heavy (non-hydrogen) atoms. The Morgan fingerprint density at radius 2 is 1.47 bits per heavy atom. The number of nitrogens with zero attached hydrogens (tertiary/aromatic N) is 1. The summed E-state index contributed by atoms with van der Waals surface area (Å²) in [5.41, 5.74) is 5.28. The highest BCUT2D eigenvalue weighted by Crippen LogP contribution is 2.14. The van der Waals surface area contributed by atoms with Gasteiger partial charge in [-0.15, -0.1) is 0 Å². The molecule has 190 valence electrons. The minimum atomic E-state index is -0.759. The second-order valence-electron chi connectivity index (χ2n) is 9.89. The lowest BCUT2D eigenvalue weighted by Crippen LogP contribution is -2.29. The van der Waals surface area contributed by atoms with E-state index in [2.05, 4.69) is 10.3 Å². The number of rotatable bonds is 11. The molecule has 9 nitrogen and oxygen atoms in total. The number of unbranched alkanes of at least 4 members (excludes halogenated alkanes) is 3. The molecule has 1 rings (SSSR count). The van der Waals surface area contributed by atoms with Crippen LogP contribution in [0.5, 0.6) is 5.75 Å². The standard InChI is InChI=1S/C25H39N3O6/c1-24(2,3)33-21(30)11-9-7-8-10-16-27-20(29)17-32-19-14-12-18(13-15-19)22(26)28-23(31)34-25(4,5)6/h12-15H,7-11,16-17H2,1-6H3,(H,27,29)(H2,26,28,31). The fraction of sp³-hybridized carbons (Fsp3) is 0.600. The molecule has 0 aliphatic carbocycles. The van der Waals surface area contributed by atoms with Gasteiger partial charge in [0.2, 0.25) is 0 Å². The summed E-state index contributed by atoms with van der Waals surface area (Å²) in [6, 6.07) is 6.58. The Morgan fingerprint density at radius 3 is 2.06 bits per heavy atom. The molecule has 0 aliphatic rings. The second-order valence-corrected chi connectivity index (χ2v) is 9.89. The molecule has 0 aromatic heterocycles. The van der Waals surface area contributed by atoms with Crippen LogP contribution >= 0.6 is 0 Å². The van der Waals surface area contributed by atoms with E-state index in [1.165, 1.54) is 0 Å². The Kier molecular flexibility index (Phi) is 11.5. The van der Waals surface area contributed by atoms with Crippen LogP contribution in [0.3, 0.4) is 0 Å². The summed E-state index contributed by atoms with van der Waals surface area (Å²) in [5, 5.41) is 2.81. The van der Waals surface area contributed by atoms with Gasteiger partial charge in [0.25, 0.3) is 5.91 Å². The second kappa shape index (κ2) is 13.6.